The van der Waals surface area contributed by atoms with E-state index in [-0.39, 0.29) is 16.2 Å². The van der Waals surface area contributed by atoms with E-state index in [1.54, 1.807) is 25.2 Å². The predicted molar refractivity (Wildman–Crippen MR) is 121 cm³/mol. The fourth-order valence-electron chi connectivity index (χ4n) is 2.91. The van der Waals surface area contributed by atoms with Crippen molar-refractivity contribution < 1.29 is 17.9 Å². The predicted octanol–water partition coefficient (Wildman–Crippen LogP) is 4.47. The largest absolute Gasteiger partial charge is 0.495 e. The van der Waals surface area contributed by atoms with Gasteiger partial charge in [0.05, 0.1) is 17.7 Å². The standard InChI is InChI=1S/C20H23N3O4S3/c1-5-23(6-2)30(25,26)18-11-14(8-9-16(18)27-4)19(24)22-20-21-15(12-28-20)17-10-7-13(3)29-17/h7-12H,5-6H2,1-4H3,(H,21,22,24). The molecule has 0 saturated carbocycles. The molecule has 3 aromatic rings. The van der Waals surface area contributed by atoms with Gasteiger partial charge >= 0.3 is 0 Å². The summed E-state index contributed by atoms with van der Waals surface area (Å²) in [6.07, 6.45) is 0. The molecule has 0 atom stereocenters. The van der Waals surface area contributed by atoms with E-state index in [0.29, 0.717) is 18.2 Å². The molecule has 0 bridgehead atoms. The number of carbonyl (C=O) groups is 1. The maximum Gasteiger partial charge on any atom is 0.257 e. The van der Waals surface area contributed by atoms with Gasteiger partial charge < -0.3 is 4.74 Å². The first kappa shape index (κ1) is 22.4. The molecule has 7 nitrogen and oxygen atoms in total. The van der Waals surface area contributed by atoms with Gasteiger partial charge in [-0.05, 0) is 37.3 Å². The van der Waals surface area contributed by atoms with Crippen molar-refractivity contribution in [3.05, 3.63) is 46.2 Å². The Bertz CT molecular complexity index is 1150. The topological polar surface area (TPSA) is 88.6 Å². The van der Waals surface area contributed by atoms with Gasteiger partial charge in [-0.1, -0.05) is 13.8 Å². The monoisotopic (exact) mass is 465 g/mol. The van der Waals surface area contributed by atoms with Crippen LogP contribution in [0.15, 0.2) is 40.6 Å². The number of rotatable bonds is 8. The molecule has 160 valence electrons. The molecule has 1 amide bonds. The number of thiophene rings is 1. The average molecular weight is 466 g/mol. The van der Waals surface area contributed by atoms with Crippen LogP contribution in [0.3, 0.4) is 0 Å². The summed E-state index contributed by atoms with van der Waals surface area (Å²) in [6.45, 7) is 6.19. The van der Waals surface area contributed by atoms with Gasteiger partial charge in [-0.3, -0.25) is 10.1 Å². The number of aromatic nitrogens is 1. The molecule has 3 rings (SSSR count). The van der Waals surface area contributed by atoms with E-state index in [9.17, 15) is 13.2 Å². The summed E-state index contributed by atoms with van der Waals surface area (Å²) in [7, 11) is -2.38. The summed E-state index contributed by atoms with van der Waals surface area (Å²) in [6, 6.07) is 8.39. The smallest absolute Gasteiger partial charge is 0.257 e. The Balaban J connectivity index is 1.87. The second-order valence-corrected chi connectivity index (χ2v) is 10.4. The van der Waals surface area contributed by atoms with E-state index in [2.05, 4.69) is 10.3 Å². The highest BCUT2D eigenvalue weighted by atomic mass is 32.2. The van der Waals surface area contributed by atoms with Gasteiger partial charge in [-0.15, -0.1) is 22.7 Å². The minimum atomic E-state index is -3.79. The maximum absolute atomic E-state index is 13.0. The van der Waals surface area contributed by atoms with Gasteiger partial charge in [-0.25, -0.2) is 13.4 Å². The third-order valence-electron chi connectivity index (χ3n) is 4.47. The van der Waals surface area contributed by atoms with E-state index in [1.165, 1.54) is 45.8 Å². The first-order valence-corrected chi connectivity index (χ1v) is 12.5. The molecule has 0 radical (unpaired) electrons. The van der Waals surface area contributed by atoms with Crippen LogP contribution in [-0.4, -0.2) is 43.8 Å². The van der Waals surface area contributed by atoms with E-state index < -0.39 is 15.9 Å². The molecule has 0 unspecified atom stereocenters. The quantitative estimate of drug-likeness (QED) is 0.530. The normalized spacial score (nSPS) is 11.6. The second-order valence-electron chi connectivity index (χ2n) is 6.36. The zero-order valence-electron chi connectivity index (χ0n) is 17.1. The van der Waals surface area contributed by atoms with Crippen molar-refractivity contribution >= 4 is 43.7 Å². The van der Waals surface area contributed by atoms with Crippen LogP contribution in [0.2, 0.25) is 0 Å². The van der Waals surface area contributed by atoms with Gasteiger partial charge in [0.1, 0.15) is 10.6 Å². The highest BCUT2D eigenvalue weighted by Gasteiger charge is 2.27. The van der Waals surface area contributed by atoms with Crippen LogP contribution >= 0.6 is 22.7 Å². The third-order valence-corrected chi connectivity index (χ3v) is 8.32. The van der Waals surface area contributed by atoms with Crippen LogP contribution in [0, 0.1) is 6.92 Å². The van der Waals surface area contributed by atoms with Crippen LogP contribution in [0.25, 0.3) is 10.6 Å². The van der Waals surface area contributed by atoms with Crippen molar-refractivity contribution in [3.63, 3.8) is 0 Å². The first-order valence-electron chi connectivity index (χ1n) is 9.32. The van der Waals surface area contributed by atoms with Gasteiger partial charge in [0, 0.05) is 28.9 Å². The Morgan fingerprint density at radius 3 is 2.53 bits per heavy atom. The van der Waals surface area contributed by atoms with Gasteiger partial charge in [0.2, 0.25) is 10.0 Å². The van der Waals surface area contributed by atoms with Crippen molar-refractivity contribution in [2.75, 3.05) is 25.5 Å². The molecule has 0 aliphatic carbocycles. The van der Waals surface area contributed by atoms with Crippen molar-refractivity contribution in [1.29, 1.82) is 0 Å². The Morgan fingerprint density at radius 1 is 1.20 bits per heavy atom. The lowest BCUT2D eigenvalue weighted by Crippen LogP contribution is -2.31. The molecule has 2 heterocycles. The number of nitrogens with zero attached hydrogens (tertiary/aromatic N) is 2. The molecule has 10 heteroatoms. The van der Waals surface area contributed by atoms with Crippen molar-refractivity contribution in [2.45, 2.75) is 25.7 Å². The average Bonchev–Trinajstić information content (AvgIpc) is 3.37. The van der Waals surface area contributed by atoms with Crippen LogP contribution in [0.5, 0.6) is 5.75 Å². The molecule has 0 saturated heterocycles. The summed E-state index contributed by atoms with van der Waals surface area (Å²) >= 11 is 2.95. The van der Waals surface area contributed by atoms with E-state index in [4.69, 9.17) is 4.74 Å². The van der Waals surface area contributed by atoms with Crippen LogP contribution in [-0.2, 0) is 10.0 Å². The number of carbonyl (C=O) groups excluding carboxylic acids is 1. The first-order chi connectivity index (χ1) is 14.3. The molecule has 30 heavy (non-hydrogen) atoms. The molecule has 2 aromatic heterocycles. The number of nitrogens with one attached hydrogen (secondary N) is 1. The molecular formula is C20H23N3O4S3. The number of hydrogen-bond donors (Lipinski definition) is 1. The van der Waals surface area contributed by atoms with Crippen LogP contribution in [0.1, 0.15) is 29.1 Å². The number of aryl methyl sites for hydroxylation is 1. The SMILES string of the molecule is CCN(CC)S(=O)(=O)c1cc(C(=O)Nc2nc(-c3ccc(C)s3)cs2)ccc1OC. The van der Waals surface area contributed by atoms with Crippen molar-refractivity contribution in [3.8, 4) is 16.3 Å². The number of amides is 1. The van der Waals surface area contributed by atoms with Crippen molar-refractivity contribution in [1.82, 2.24) is 9.29 Å². The van der Waals surface area contributed by atoms with Crippen LogP contribution < -0.4 is 10.1 Å². The summed E-state index contributed by atoms with van der Waals surface area (Å²) < 4.78 is 32.5. The van der Waals surface area contributed by atoms with E-state index >= 15 is 0 Å². The molecule has 0 fully saturated rings. The minimum absolute atomic E-state index is 0.0322. The lowest BCUT2D eigenvalue weighted by molar-refractivity contribution is 0.102. The third kappa shape index (κ3) is 4.56. The molecule has 0 spiro atoms. The number of ether oxygens (including phenoxy) is 1. The summed E-state index contributed by atoms with van der Waals surface area (Å²) in [5, 5.41) is 5.08. The Hall–Kier alpha value is -2.27. The zero-order chi connectivity index (χ0) is 21.9. The number of thiazole rings is 1. The highest BCUT2D eigenvalue weighted by molar-refractivity contribution is 7.89. The molecule has 1 N–H and O–H groups in total. The zero-order valence-corrected chi connectivity index (χ0v) is 19.6. The minimum Gasteiger partial charge on any atom is -0.495 e. The second kappa shape index (κ2) is 9.25. The fourth-order valence-corrected chi connectivity index (χ4v) is 6.16. The number of benzene rings is 1. The molecule has 0 aliphatic rings. The fraction of sp³-hybridized carbons (Fsp3) is 0.300. The van der Waals surface area contributed by atoms with Gasteiger partial charge in [0.25, 0.3) is 5.91 Å². The Morgan fingerprint density at radius 2 is 1.93 bits per heavy atom. The van der Waals surface area contributed by atoms with Gasteiger partial charge in [0.15, 0.2) is 5.13 Å². The number of anilines is 1. The van der Waals surface area contributed by atoms with E-state index in [1.807, 2.05) is 24.4 Å². The molecule has 0 aliphatic heterocycles. The van der Waals surface area contributed by atoms with Gasteiger partial charge in [-0.2, -0.15) is 4.31 Å². The summed E-state index contributed by atoms with van der Waals surface area (Å²) in [5.41, 5.74) is 1.01. The Kier molecular flexibility index (Phi) is 6.91. The maximum atomic E-state index is 13.0. The highest BCUT2D eigenvalue weighted by Crippen LogP contribution is 2.31. The summed E-state index contributed by atoms with van der Waals surface area (Å²) in [4.78, 5) is 19.4. The van der Waals surface area contributed by atoms with Crippen molar-refractivity contribution in [2.24, 2.45) is 0 Å². The Labute approximate surface area is 184 Å². The lowest BCUT2D eigenvalue weighted by Gasteiger charge is -2.20. The number of methoxy groups -OCH3 is 1. The lowest BCUT2D eigenvalue weighted by atomic mass is 10.2. The summed E-state index contributed by atoms with van der Waals surface area (Å²) in [5.74, 6) is -0.236. The number of sulfonamides is 1. The van der Waals surface area contributed by atoms with E-state index in [0.717, 1.165) is 10.6 Å². The van der Waals surface area contributed by atoms with Crippen LogP contribution in [0.4, 0.5) is 5.13 Å². The number of hydrogen-bond acceptors (Lipinski definition) is 7. The molecule has 1 aromatic carbocycles. The molecular weight excluding hydrogens is 442 g/mol.